The Hall–Kier alpha value is -3.00. The first-order valence-electron chi connectivity index (χ1n) is 16.2. The van der Waals surface area contributed by atoms with E-state index >= 15 is 0 Å². The summed E-state index contributed by atoms with van der Waals surface area (Å²) in [5.41, 5.74) is 0.656. The molecule has 5 heteroatoms. The van der Waals surface area contributed by atoms with Crippen LogP contribution in [0, 0.1) is 23.2 Å². The fourth-order valence-electron chi connectivity index (χ4n) is 5.81. The number of hydrogen-bond acceptors (Lipinski definition) is 5. The van der Waals surface area contributed by atoms with Crippen LogP contribution in [0.5, 0.6) is 17.2 Å². The summed E-state index contributed by atoms with van der Waals surface area (Å²) in [6, 6.07) is 14.2. The predicted molar refractivity (Wildman–Crippen MR) is 166 cm³/mol. The summed E-state index contributed by atoms with van der Waals surface area (Å²) in [6.45, 7) is 7.20. The second kappa shape index (κ2) is 18.4. The largest absolute Gasteiger partial charge is 0.494 e. The lowest BCUT2D eigenvalue weighted by Gasteiger charge is -2.28. The number of nitrogens with zero attached hydrogens (tertiary/aromatic N) is 1. The first kappa shape index (κ1) is 32.5. The molecule has 224 valence electrons. The second-order valence-electron chi connectivity index (χ2n) is 11.8. The molecular formula is C36H51NO4. The van der Waals surface area contributed by atoms with E-state index in [-0.39, 0.29) is 6.10 Å². The van der Waals surface area contributed by atoms with Crippen LogP contribution in [-0.4, -0.2) is 18.7 Å². The van der Waals surface area contributed by atoms with Crippen LogP contribution in [0.3, 0.4) is 0 Å². The highest BCUT2D eigenvalue weighted by molar-refractivity contribution is 5.91. The van der Waals surface area contributed by atoms with Crippen LogP contribution < -0.4 is 14.2 Å². The van der Waals surface area contributed by atoms with Crippen molar-refractivity contribution >= 4 is 5.97 Å². The summed E-state index contributed by atoms with van der Waals surface area (Å²) in [6.07, 6.45) is 19.1. The monoisotopic (exact) mass is 561 g/mol. The van der Waals surface area contributed by atoms with E-state index in [0.717, 1.165) is 36.8 Å². The number of nitriles is 1. The maximum atomic E-state index is 12.7. The van der Waals surface area contributed by atoms with Gasteiger partial charge < -0.3 is 14.2 Å². The first-order valence-corrected chi connectivity index (χ1v) is 16.2. The fourth-order valence-corrected chi connectivity index (χ4v) is 5.81. The van der Waals surface area contributed by atoms with Gasteiger partial charge in [0.2, 0.25) is 0 Å². The summed E-state index contributed by atoms with van der Waals surface area (Å²) in [7, 11) is 0. The van der Waals surface area contributed by atoms with Crippen molar-refractivity contribution in [3.05, 3.63) is 53.6 Å². The molecule has 0 saturated heterocycles. The zero-order valence-electron chi connectivity index (χ0n) is 25.7. The average molecular weight is 562 g/mol. The number of esters is 1. The molecule has 0 spiro atoms. The van der Waals surface area contributed by atoms with Gasteiger partial charge in [-0.25, -0.2) is 4.79 Å². The molecule has 2 aromatic rings. The van der Waals surface area contributed by atoms with Crippen LogP contribution in [0.15, 0.2) is 42.5 Å². The molecule has 1 aliphatic carbocycles. The number of benzene rings is 2. The molecule has 2 aromatic carbocycles. The van der Waals surface area contributed by atoms with Crippen LogP contribution in [0.25, 0.3) is 0 Å². The number of unbranched alkanes of at least 4 members (excludes halogenated alkanes) is 5. The Morgan fingerprint density at radius 2 is 1.49 bits per heavy atom. The lowest BCUT2D eigenvalue weighted by Crippen LogP contribution is -2.15. The first-order chi connectivity index (χ1) is 20.0. The third-order valence-corrected chi connectivity index (χ3v) is 8.37. The van der Waals surface area contributed by atoms with E-state index in [2.05, 4.69) is 19.9 Å². The van der Waals surface area contributed by atoms with Gasteiger partial charge >= 0.3 is 5.97 Å². The smallest absolute Gasteiger partial charge is 0.343 e. The number of carbonyl (C=O) groups excluding carboxylic acids is 1. The van der Waals surface area contributed by atoms with Crippen LogP contribution in [-0.2, 0) is 0 Å². The highest BCUT2D eigenvalue weighted by Crippen LogP contribution is 2.34. The Morgan fingerprint density at radius 1 is 0.854 bits per heavy atom. The summed E-state index contributed by atoms with van der Waals surface area (Å²) in [5, 5.41) is 9.62. The van der Waals surface area contributed by atoms with Gasteiger partial charge in [0.05, 0.1) is 23.8 Å². The van der Waals surface area contributed by atoms with E-state index in [4.69, 9.17) is 14.2 Å². The minimum atomic E-state index is -0.505. The summed E-state index contributed by atoms with van der Waals surface area (Å²) >= 11 is 0. The van der Waals surface area contributed by atoms with Gasteiger partial charge in [-0.2, -0.15) is 5.26 Å². The molecule has 0 aliphatic heterocycles. The number of ether oxygens (including phenoxy) is 3. The zero-order valence-corrected chi connectivity index (χ0v) is 25.7. The normalized spacial score (nSPS) is 17.4. The Morgan fingerprint density at radius 3 is 2.15 bits per heavy atom. The molecule has 3 rings (SSSR count). The average Bonchev–Trinajstić information content (AvgIpc) is 2.99. The molecule has 41 heavy (non-hydrogen) atoms. The Balaban J connectivity index is 1.38. The van der Waals surface area contributed by atoms with Crippen LogP contribution in [0.1, 0.15) is 133 Å². The van der Waals surface area contributed by atoms with E-state index in [0.29, 0.717) is 29.2 Å². The van der Waals surface area contributed by atoms with Crippen LogP contribution in [0.4, 0.5) is 0 Å². The highest BCUT2D eigenvalue weighted by atomic mass is 16.5. The van der Waals surface area contributed by atoms with Gasteiger partial charge in [-0.3, -0.25) is 0 Å². The van der Waals surface area contributed by atoms with E-state index in [1.54, 1.807) is 24.3 Å². The second-order valence-corrected chi connectivity index (χ2v) is 11.8. The highest BCUT2D eigenvalue weighted by Gasteiger charge is 2.20. The van der Waals surface area contributed by atoms with E-state index in [1.165, 1.54) is 83.1 Å². The maximum Gasteiger partial charge on any atom is 0.343 e. The van der Waals surface area contributed by atoms with E-state index in [9.17, 15) is 10.1 Å². The molecule has 0 heterocycles. The molecule has 1 fully saturated rings. The summed E-state index contributed by atoms with van der Waals surface area (Å²) < 4.78 is 17.5. The molecule has 0 aromatic heterocycles. The van der Waals surface area contributed by atoms with Crippen molar-refractivity contribution in [1.29, 1.82) is 5.26 Å². The van der Waals surface area contributed by atoms with Gasteiger partial charge in [-0.05, 0) is 86.9 Å². The van der Waals surface area contributed by atoms with Crippen molar-refractivity contribution in [3.63, 3.8) is 0 Å². The standard InChI is InChI=1S/C36H51NO4/c1-4-6-8-10-12-28(3)40-35-24-19-31(26-32(35)27-37)36(38)41-34-22-20-33(21-23-34)39-25-11-14-30-17-15-29(16-18-30)13-9-7-5-2/h19-24,26,28-30H,4-18,25H2,1-3H3/t28-,29-,30-/m0/s1. The van der Waals surface area contributed by atoms with E-state index in [1.807, 2.05) is 19.1 Å². The third kappa shape index (κ3) is 11.8. The van der Waals surface area contributed by atoms with Crippen LogP contribution >= 0.6 is 0 Å². The van der Waals surface area contributed by atoms with Gasteiger partial charge in [0.25, 0.3) is 0 Å². The topological polar surface area (TPSA) is 68.6 Å². The minimum absolute atomic E-state index is 0.0117. The van der Waals surface area contributed by atoms with Crippen molar-refractivity contribution in [2.75, 3.05) is 6.61 Å². The predicted octanol–water partition coefficient (Wildman–Crippen LogP) is 10.1. The van der Waals surface area contributed by atoms with Gasteiger partial charge in [-0.15, -0.1) is 0 Å². The van der Waals surface area contributed by atoms with Gasteiger partial charge in [0.15, 0.2) is 0 Å². The van der Waals surface area contributed by atoms with Crippen molar-refractivity contribution in [2.45, 2.75) is 123 Å². The van der Waals surface area contributed by atoms with Gasteiger partial charge in [0.1, 0.15) is 23.3 Å². The molecule has 0 unspecified atom stereocenters. The Kier molecular flexibility index (Phi) is 14.6. The summed E-state index contributed by atoms with van der Waals surface area (Å²) in [4.78, 5) is 12.7. The quantitative estimate of drug-likeness (QED) is 0.103. The van der Waals surface area contributed by atoms with Crippen molar-refractivity contribution in [2.24, 2.45) is 11.8 Å². The molecule has 1 saturated carbocycles. The Labute approximate surface area is 248 Å². The number of rotatable bonds is 18. The fraction of sp³-hybridized carbons (Fsp3) is 0.611. The molecular weight excluding hydrogens is 510 g/mol. The summed E-state index contributed by atoms with van der Waals surface area (Å²) in [5.74, 6) is 3.03. The minimum Gasteiger partial charge on any atom is -0.494 e. The lowest BCUT2D eigenvalue weighted by atomic mass is 9.78. The maximum absolute atomic E-state index is 12.7. The molecule has 0 bridgehead atoms. The van der Waals surface area contributed by atoms with E-state index < -0.39 is 5.97 Å². The lowest BCUT2D eigenvalue weighted by molar-refractivity contribution is 0.0734. The molecule has 1 aliphatic rings. The molecule has 0 N–H and O–H groups in total. The number of carbonyl (C=O) groups is 1. The molecule has 1 atom stereocenters. The Bertz CT molecular complexity index is 1070. The van der Waals surface area contributed by atoms with Crippen LogP contribution in [0.2, 0.25) is 0 Å². The third-order valence-electron chi connectivity index (χ3n) is 8.37. The van der Waals surface area contributed by atoms with Crippen molar-refractivity contribution < 1.29 is 19.0 Å². The van der Waals surface area contributed by atoms with Gasteiger partial charge in [0, 0.05) is 0 Å². The van der Waals surface area contributed by atoms with Crippen molar-refractivity contribution in [3.8, 4) is 23.3 Å². The van der Waals surface area contributed by atoms with Gasteiger partial charge in [-0.1, -0.05) is 84.5 Å². The molecule has 0 amide bonds. The zero-order chi connectivity index (χ0) is 29.3. The molecule has 5 nitrogen and oxygen atoms in total. The molecule has 0 radical (unpaired) electrons. The SMILES string of the molecule is CCCCCC[C@H](C)Oc1ccc(C(=O)Oc2ccc(OCCC[C@H]3CC[C@H](CCCCC)CC3)cc2)cc1C#N. The van der Waals surface area contributed by atoms with Crippen molar-refractivity contribution in [1.82, 2.24) is 0 Å². The number of hydrogen-bond donors (Lipinski definition) is 0.